The van der Waals surface area contributed by atoms with Gasteiger partial charge in [0.1, 0.15) is 0 Å². The highest BCUT2D eigenvalue weighted by molar-refractivity contribution is 7.91. The molecule has 1 N–H and O–H groups in total. The summed E-state index contributed by atoms with van der Waals surface area (Å²) in [5.74, 6) is 0. The smallest absolute Gasteiger partial charge is 0.251 e. The second-order valence-corrected chi connectivity index (χ2v) is 6.74. The molecule has 0 aromatic carbocycles. The molecule has 86 valence electrons. The largest absolute Gasteiger partial charge is 0.308 e. The first-order valence-electron chi connectivity index (χ1n) is 4.17. The van der Waals surface area contributed by atoms with Crippen LogP contribution in [0.25, 0.3) is 0 Å². The number of hydrogen-bond donors (Lipinski definition) is 1. The van der Waals surface area contributed by atoms with Gasteiger partial charge in [0.25, 0.3) is 10.0 Å². The molecular formula is C7H12ClN3O2S2. The van der Waals surface area contributed by atoms with Gasteiger partial charge >= 0.3 is 0 Å². The number of thiazole rings is 1. The van der Waals surface area contributed by atoms with Gasteiger partial charge in [0, 0.05) is 13.1 Å². The van der Waals surface area contributed by atoms with Crippen molar-refractivity contribution < 1.29 is 8.42 Å². The van der Waals surface area contributed by atoms with Gasteiger partial charge in [-0.15, -0.1) is 0 Å². The fourth-order valence-electron chi connectivity index (χ4n) is 0.838. The molecule has 0 saturated heterocycles. The molecule has 0 aliphatic heterocycles. The number of aromatic nitrogens is 1. The van der Waals surface area contributed by atoms with Gasteiger partial charge < -0.3 is 4.90 Å². The molecule has 0 fully saturated rings. The van der Waals surface area contributed by atoms with E-state index in [1.165, 1.54) is 6.20 Å². The highest BCUT2D eigenvalue weighted by atomic mass is 35.5. The molecule has 0 aliphatic rings. The standard InChI is InChI=1S/C7H12ClN3O2S2/c1-11(2)4-3-10-15(12,13)6-5-9-7(8)14-6/h5,10H,3-4H2,1-2H3. The van der Waals surface area contributed by atoms with Crippen LogP contribution in [0.1, 0.15) is 0 Å². The van der Waals surface area contributed by atoms with E-state index in [0.29, 0.717) is 13.1 Å². The van der Waals surface area contributed by atoms with Crippen molar-refractivity contribution in [3.8, 4) is 0 Å². The zero-order valence-corrected chi connectivity index (χ0v) is 10.8. The van der Waals surface area contributed by atoms with Gasteiger partial charge in [-0.2, -0.15) is 0 Å². The van der Waals surface area contributed by atoms with Gasteiger partial charge in [-0.05, 0) is 14.1 Å². The van der Waals surface area contributed by atoms with E-state index in [1.807, 2.05) is 19.0 Å². The predicted molar refractivity (Wildman–Crippen MR) is 60.9 cm³/mol. The van der Waals surface area contributed by atoms with E-state index in [9.17, 15) is 8.42 Å². The number of halogens is 1. The molecular weight excluding hydrogens is 258 g/mol. The molecule has 0 unspecified atom stereocenters. The van der Waals surface area contributed by atoms with Crippen LogP contribution in [0, 0.1) is 0 Å². The van der Waals surface area contributed by atoms with Crippen molar-refractivity contribution in [2.45, 2.75) is 4.21 Å². The van der Waals surface area contributed by atoms with Crippen molar-refractivity contribution in [3.05, 3.63) is 10.7 Å². The Bertz CT molecular complexity index is 416. The summed E-state index contributed by atoms with van der Waals surface area (Å²) in [6, 6.07) is 0. The Morgan fingerprint density at radius 3 is 2.73 bits per heavy atom. The van der Waals surface area contributed by atoms with E-state index in [1.54, 1.807) is 0 Å². The van der Waals surface area contributed by atoms with Gasteiger partial charge in [-0.1, -0.05) is 22.9 Å². The number of rotatable bonds is 5. The van der Waals surface area contributed by atoms with Crippen LogP contribution >= 0.6 is 22.9 Å². The summed E-state index contributed by atoms with van der Waals surface area (Å²) in [7, 11) is 0.306. The van der Waals surface area contributed by atoms with Gasteiger partial charge in [-0.25, -0.2) is 18.1 Å². The minimum atomic E-state index is -3.44. The first-order chi connectivity index (χ1) is 6.92. The lowest BCUT2D eigenvalue weighted by atomic mass is 10.6. The Balaban J connectivity index is 2.60. The van der Waals surface area contributed by atoms with Crippen LogP contribution in [0.15, 0.2) is 10.4 Å². The normalized spacial score (nSPS) is 12.3. The van der Waals surface area contributed by atoms with Crippen molar-refractivity contribution in [1.82, 2.24) is 14.6 Å². The lowest BCUT2D eigenvalue weighted by Gasteiger charge is -2.09. The van der Waals surface area contributed by atoms with E-state index < -0.39 is 10.0 Å². The fourth-order valence-corrected chi connectivity index (χ4v) is 3.20. The highest BCUT2D eigenvalue weighted by Gasteiger charge is 2.16. The molecule has 15 heavy (non-hydrogen) atoms. The summed E-state index contributed by atoms with van der Waals surface area (Å²) >= 11 is 6.50. The maximum atomic E-state index is 11.6. The van der Waals surface area contributed by atoms with Crippen molar-refractivity contribution in [2.24, 2.45) is 0 Å². The molecule has 0 spiro atoms. The third-order valence-electron chi connectivity index (χ3n) is 1.57. The number of nitrogens with one attached hydrogen (secondary N) is 1. The van der Waals surface area contributed by atoms with E-state index in [-0.39, 0.29) is 8.68 Å². The summed E-state index contributed by atoms with van der Waals surface area (Å²) in [5.41, 5.74) is 0. The summed E-state index contributed by atoms with van der Waals surface area (Å²) < 4.78 is 26.1. The first-order valence-corrected chi connectivity index (χ1v) is 6.85. The van der Waals surface area contributed by atoms with Crippen molar-refractivity contribution >= 4 is 33.0 Å². The van der Waals surface area contributed by atoms with Crippen molar-refractivity contribution in [2.75, 3.05) is 27.2 Å². The number of likely N-dealkylation sites (N-methyl/N-ethyl adjacent to an activating group) is 1. The van der Waals surface area contributed by atoms with Crippen LogP contribution in [0.4, 0.5) is 0 Å². The van der Waals surface area contributed by atoms with Gasteiger partial charge in [-0.3, -0.25) is 0 Å². The topological polar surface area (TPSA) is 62.3 Å². The van der Waals surface area contributed by atoms with Gasteiger partial charge in [0.05, 0.1) is 6.20 Å². The van der Waals surface area contributed by atoms with Gasteiger partial charge in [0.15, 0.2) is 8.68 Å². The molecule has 1 rings (SSSR count). The highest BCUT2D eigenvalue weighted by Crippen LogP contribution is 2.21. The summed E-state index contributed by atoms with van der Waals surface area (Å²) in [5, 5.41) is 0. The minimum absolute atomic E-state index is 0.145. The third kappa shape index (κ3) is 4.04. The van der Waals surface area contributed by atoms with Crippen LogP contribution in [0.3, 0.4) is 0 Å². The quantitative estimate of drug-likeness (QED) is 0.852. The average Bonchev–Trinajstić information content (AvgIpc) is 2.51. The molecule has 5 nitrogen and oxygen atoms in total. The van der Waals surface area contributed by atoms with E-state index in [0.717, 1.165) is 11.3 Å². The van der Waals surface area contributed by atoms with Crippen LogP contribution in [-0.2, 0) is 10.0 Å². The maximum Gasteiger partial charge on any atom is 0.251 e. The summed E-state index contributed by atoms with van der Waals surface area (Å²) in [4.78, 5) is 5.57. The minimum Gasteiger partial charge on any atom is -0.308 e. The predicted octanol–water partition coefficient (Wildman–Crippen LogP) is 0.636. The van der Waals surface area contributed by atoms with Crippen molar-refractivity contribution in [3.63, 3.8) is 0 Å². The molecule has 1 aromatic rings. The number of hydrogen-bond acceptors (Lipinski definition) is 5. The Hall–Kier alpha value is -0.210. The zero-order chi connectivity index (χ0) is 11.5. The molecule has 0 saturated carbocycles. The Morgan fingerprint density at radius 2 is 2.27 bits per heavy atom. The van der Waals surface area contributed by atoms with Crippen LogP contribution < -0.4 is 4.72 Å². The van der Waals surface area contributed by atoms with Crippen molar-refractivity contribution in [1.29, 1.82) is 0 Å². The van der Waals surface area contributed by atoms with E-state index in [4.69, 9.17) is 11.6 Å². The second-order valence-electron chi connectivity index (χ2n) is 3.13. The zero-order valence-electron chi connectivity index (χ0n) is 8.40. The number of nitrogens with zero attached hydrogens (tertiary/aromatic N) is 2. The molecule has 1 heterocycles. The van der Waals surface area contributed by atoms with Crippen LogP contribution in [0.2, 0.25) is 4.47 Å². The molecule has 0 amide bonds. The first kappa shape index (κ1) is 12.9. The van der Waals surface area contributed by atoms with Crippen LogP contribution in [0.5, 0.6) is 0 Å². The summed E-state index contributed by atoms with van der Waals surface area (Å²) in [6.07, 6.45) is 1.25. The Labute approximate surface area is 98.1 Å². The maximum absolute atomic E-state index is 11.6. The lowest BCUT2D eigenvalue weighted by molar-refractivity contribution is 0.412. The number of sulfonamides is 1. The molecule has 0 aliphatic carbocycles. The molecule has 0 radical (unpaired) electrons. The lowest BCUT2D eigenvalue weighted by Crippen LogP contribution is -2.30. The monoisotopic (exact) mass is 269 g/mol. The molecule has 0 bridgehead atoms. The molecule has 8 heteroatoms. The van der Waals surface area contributed by atoms with E-state index >= 15 is 0 Å². The Morgan fingerprint density at radius 1 is 1.60 bits per heavy atom. The second kappa shape index (κ2) is 5.22. The SMILES string of the molecule is CN(C)CCNS(=O)(=O)c1cnc(Cl)s1. The van der Waals surface area contributed by atoms with Crippen LogP contribution in [-0.4, -0.2) is 45.5 Å². The fraction of sp³-hybridized carbons (Fsp3) is 0.571. The summed E-state index contributed by atoms with van der Waals surface area (Å²) in [6.45, 7) is 1.01. The third-order valence-corrected chi connectivity index (χ3v) is 4.61. The molecule has 0 atom stereocenters. The van der Waals surface area contributed by atoms with E-state index in [2.05, 4.69) is 9.71 Å². The molecule has 1 aromatic heterocycles. The Kier molecular flexibility index (Phi) is 4.47. The average molecular weight is 270 g/mol. The van der Waals surface area contributed by atoms with Gasteiger partial charge in [0.2, 0.25) is 0 Å².